The topological polar surface area (TPSA) is 101 Å². The number of ketones is 1. The van der Waals surface area contributed by atoms with Gasteiger partial charge in [-0.25, -0.2) is 13.2 Å². The third-order valence-electron chi connectivity index (χ3n) is 2.96. The highest BCUT2D eigenvalue weighted by atomic mass is 32.2. The molecule has 1 heterocycles. The Kier molecular flexibility index (Phi) is 3.07. The number of sulfonamides is 1. The highest BCUT2D eigenvalue weighted by molar-refractivity contribution is 7.89. The van der Waals surface area contributed by atoms with Crippen LogP contribution in [-0.4, -0.2) is 49.8 Å². The summed E-state index contributed by atoms with van der Waals surface area (Å²) < 4.78 is 29.7. The summed E-state index contributed by atoms with van der Waals surface area (Å²) in [7, 11) is -1.56. The van der Waals surface area contributed by atoms with E-state index in [4.69, 9.17) is 9.84 Å². The van der Waals surface area contributed by atoms with E-state index in [1.807, 2.05) is 0 Å². The molecule has 0 aliphatic carbocycles. The minimum Gasteiger partial charge on any atom is -0.497 e. The molecular weight excluding hydrogens is 274 g/mol. The molecule has 0 bridgehead atoms. The van der Waals surface area contributed by atoms with Crippen LogP contribution in [0.3, 0.4) is 0 Å². The number of ether oxygens (including phenoxy) is 1. The van der Waals surface area contributed by atoms with Crippen molar-refractivity contribution in [2.45, 2.75) is 10.9 Å². The second-order valence-corrected chi connectivity index (χ2v) is 5.95. The van der Waals surface area contributed by atoms with Gasteiger partial charge < -0.3 is 9.84 Å². The number of nitrogens with zero attached hydrogens (tertiary/aromatic N) is 1. The van der Waals surface area contributed by atoms with Crippen molar-refractivity contribution in [1.29, 1.82) is 0 Å². The van der Waals surface area contributed by atoms with Crippen LogP contribution in [0.2, 0.25) is 0 Å². The largest absolute Gasteiger partial charge is 0.497 e. The monoisotopic (exact) mass is 285 g/mol. The Hall–Kier alpha value is -1.93. The van der Waals surface area contributed by atoms with E-state index in [2.05, 4.69) is 0 Å². The molecule has 2 rings (SSSR count). The molecule has 102 valence electrons. The van der Waals surface area contributed by atoms with Gasteiger partial charge in [-0.2, -0.15) is 4.31 Å². The molecule has 0 fully saturated rings. The van der Waals surface area contributed by atoms with Crippen molar-refractivity contribution in [2.24, 2.45) is 0 Å². The highest BCUT2D eigenvalue weighted by Gasteiger charge is 2.45. The van der Waals surface area contributed by atoms with Crippen molar-refractivity contribution in [1.82, 2.24) is 4.31 Å². The number of fused-ring (bicyclic) bond motifs is 1. The molecule has 8 heteroatoms. The minimum absolute atomic E-state index is 0.162. The number of carboxylic acids is 1. The van der Waals surface area contributed by atoms with Gasteiger partial charge in [0.2, 0.25) is 10.0 Å². The fourth-order valence-corrected chi connectivity index (χ4v) is 3.38. The first-order chi connectivity index (χ1) is 8.80. The summed E-state index contributed by atoms with van der Waals surface area (Å²) >= 11 is 0. The number of aliphatic carboxylic acids is 1. The van der Waals surface area contributed by atoms with E-state index < -0.39 is 27.8 Å². The third-order valence-corrected chi connectivity index (χ3v) is 4.84. The molecule has 1 aliphatic heterocycles. The van der Waals surface area contributed by atoms with Gasteiger partial charge in [0.25, 0.3) is 0 Å². The molecule has 1 aromatic carbocycles. The van der Waals surface area contributed by atoms with E-state index in [9.17, 15) is 18.0 Å². The van der Waals surface area contributed by atoms with Crippen LogP contribution in [0.5, 0.6) is 5.75 Å². The van der Waals surface area contributed by atoms with Crippen LogP contribution in [0, 0.1) is 0 Å². The number of benzene rings is 1. The van der Waals surface area contributed by atoms with Crippen molar-refractivity contribution >= 4 is 21.8 Å². The average Bonchev–Trinajstić information content (AvgIpc) is 2.36. The Bertz CT molecular complexity index is 666. The van der Waals surface area contributed by atoms with Crippen LogP contribution in [0.25, 0.3) is 0 Å². The van der Waals surface area contributed by atoms with Gasteiger partial charge in [-0.1, -0.05) is 0 Å². The first kappa shape index (κ1) is 13.5. The van der Waals surface area contributed by atoms with Crippen LogP contribution in [-0.2, 0) is 14.8 Å². The van der Waals surface area contributed by atoms with Crippen molar-refractivity contribution in [3.63, 3.8) is 0 Å². The van der Waals surface area contributed by atoms with Gasteiger partial charge in [-0.05, 0) is 18.2 Å². The SMILES string of the molecule is COc1ccc2c(c1)C(=O)C(C(=O)O)N(C)S2(=O)=O. The van der Waals surface area contributed by atoms with E-state index in [-0.39, 0.29) is 16.2 Å². The van der Waals surface area contributed by atoms with E-state index in [0.29, 0.717) is 4.31 Å². The molecule has 1 aliphatic rings. The number of rotatable bonds is 2. The average molecular weight is 285 g/mol. The molecule has 1 atom stereocenters. The molecule has 7 nitrogen and oxygen atoms in total. The Balaban J connectivity index is 2.74. The van der Waals surface area contributed by atoms with Gasteiger partial charge in [0.15, 0.2) is 11.8 Å². The Morgan fingerprint density at radius 1 is 1.42 bits per heavy atom. The van der Waals surface area contributed by atoms with Crippen molar-refractivity contribution in [3.05, 3.63) is 23.8 Å². The van der Waals surface area contributed by atoms with Crippen LogP contribution in [0.1, 0.15) is 10.4 Å². The van der Waals surface area contributed by atoms with Crippen LogP contribution in [0.15, 0.2) is 23.1 Å². The lowest BCUT2D eigenvalue weighted by atomic mass is 10.0. The van der Waals surface area contributed by atoms with Gasteiger partial charge in [-0.15, -0.1) is 0 Å². The fraction of sp³-hybridized carbons (Fsp3) is 0.273. The summed E-state index contributed by atoms with van der Waals surface area (Å²) in [5.41, 5.74) is -0.162. The number of Topliss-reactive ketones (excluding diaryl/α,β-unsaturated/α-hetero) is 1. The van der Waals surface area contributed by atoms with E-state index in [1.165, 1.54) is 25.3 Å². The van der Waals surface area contributed by atoms with Crippen molar-refractivity contribution in [2.75, 3.05) is 14.2 Å². The number of methoxy groups -OCH3 is 1. The summed E-state index contributed by atoms with van der Waals surface area (Å²) in [5.74, 6) is -2.00. The maximum atomic E-state index is 12.1. The van der Waals surface area contributed by atoms with E-state index >= 15 is 0 Å². The summed E-state index contributed by atoms with van der Waals surface area (Å²) in [6, 6.07) is 2.12. The van der Waals surface area contributed by atoms with E-state index in [1.54, 1.807) is 0 Å². The number of carboxylic acid groups (broad SMARTS) is 1. The smallest absolute Gasteiger partial charge is 0.330 e. The fourth-order valence-electron chi connectivity index (χ4n) is 1.93. The summed E-state index contributed by atoms with van der Waals surface area (Å²) in [5, 5.41) is 9.01. The second-order valence-electron chi connectivity index (χ2n) is 3.99. The Labute approximate surface area is 109 Å². The molecule has 1 aromatic rings. The van der Waals surface area contributed by atoms with Crippen LogP contribution >= 0.6 is 0 Å². The molecule has 0 amide bonds. The van der Waals surface area contributed by atoms with Gasteiger partial charge in [0.1, 0.15) is 5.75 Å². The molecule has 0 spiro atoms. The molecular formula is C11H11NO6S. The lowest BCUT2D eigenvalue weighted by Crippen LogP contribution is -2.51. The molecule has 0 saturated heterocycles. The van der Waals surface area contributed by atoms with E-state index in [0.717, 1.165) is 7.05 Å². The first-order valence-electron chi connectivity index (χ1n) is 5.24. The number of likely N-dealkylation sites (N-methyl/N-ethyl adjacent to an activating group) is 1. The molecule has 19 heavy (non-hydrogen) atoms. The van der Waals surface area contributed by atoms with Gasteiger partial charge in [0.05, 0.1) is 12.0 Å². The molecule has 0 aromatic heterocycles. The first-order valence-corrected chi connectivity index (χ1v) is 6.68. The van der Waals surface area contributed by atoms with Gasteiger partial charge in [0, 0.05) is 12.6 Å². The lowest BCUT2D eigenvalue weighted by molar-refractivity contribution is -0.139. The quantitative estimate of drug-likeness (QED) is 0.765. The number of carbonyl (C=O) groups excluding carboxylic acids is 1. The molecule has 0 saturated carbocycles. The molecule has 1 N–H and O–H groups in total. The maximum Gasteiger partial charge on any atom is 0.330 e. The zero-order valence-corrected chi connectivity index (χ0v) is 11.0. The predicted molar refractivity (Wildman–Crippen MR) is 63.7 cm³/mol. The summed E-state index contributed by atoms with van der Waals surface area (Å²) in [4.78, 5) is 22.9. The zero-order valence-electron chi connectivity index (χ0n) is 10.2. The number of hydrogen-bond acceptors (Lipinski definition) is 5. The standard InChI is InChI=1S/C11H11NO6S/c1-12-9(11(14)15)10(13)7-5-6(18-2)3-4-8(7)19(12,16)17/h3-5,9H,1-2H3,(H,14,15). The summed E-state index contributed by atoms with van der Waals surface area (Å²) in [6.07, 6.45) is 0. The lowest BCUT2D eigenvalue weighted by Gasteiger charge is -2.29. The predicted octanol–water partition coefficient (Wildman–Crippen LogP) is -0.0348. The minimum atomic E-state index is -4.00. The van der Waals surface area contributed by atoms with Gasteiger partial charge in [-0.3, -0.25) is 4.79 Å². The molecule has 0 radical (unpaired) electrons. The zero-order chi connectivity index (χ0) is 14.4. The number of hydrogen-bond donors (Lipinski definition) is 1. The highest BCUT2D eigenvalue weighted by Crippen LogP contribution is 2.31. The van der Waals surface area contributed by atoms with Crippen molar-refractivity contribution < 1.29 is 27.9 Å². The molecule has 1 unspecified atom stereocenters. The maximum absolute atomic E-state index is 12.1. The Morgan fingerprint density at radius 3 is 2.58 bits per heavy atom. The third kappa shape index (κ3) is 1.89. The van der Waals surface area contributed by atoms with Crippen LogP contribution < -0.4 is 4.74 Å². The summed E-state index contributed by atoms with van der Waals surface area (Å²) in [6.45, 7) is 0. The number of carbonyl (C=O) groups is 2. The van der Waals surface area contributed by atoms with Crippen LogP contribution in [0.4, 0.5) is 0 Å². The Morgan fingerprint density at radius 2 is 2.05 bits per heavy atom. The van der Waals surface area contributed by atoms with Gasteiger partial charge >= 0.3 is 5.97 Å². The normalized spacial score (nSPS) is 21.8. The van der Waals surface area contributed by atoms with Crippen molar-refractivity contribution in [3.8, 4) is 5.75 Å². The second kappa shape index (κ2) is 4.32.